The van der Waals surface area contributed by atoms with Gasteiger partial charge in [0.05, 0.1) is 18.7 Å². The lowest BCUT2D eigenvalue weighted by Crippen LogP contribution is -2.34. The molecule has 138 valence electrons. The van der Waals surface area contributed by atoms with Crippen LogP contribution in [0, 0.1) is 5.92 Å². The highest BCUT2D eigenvalue weighted by atomic mass is 32.1. The van der Waals surface area contributed by atoms with Crippen LogP contribution in [0.4, 0.5) is 5.13 Å². The molecule has 0 unspecified atom stereocenters. The third-order valence-corrected chi connectivity index (χ3v) is 5.11. The second kappa shape index (κ2) is 8.18. The van der Waals surface area contributed by atoms with Gasteiger partial charge in [0.1, 0.15) is 5.75 Å². The van der Waals surface area contributed by atoms with E-state index in [-0.39, 0.29) is 24.2 Å². The quantitative estimate of drug-likeness (QED) is 0.764. The number of hydrogen-bond acceptors (Lipinski definition) is 6. The molecule has 1 aliphatic rings. The molecule has 1 aromatic heterocycles. The Bertz CT molecular complexity index is 792. The van der Waals surface area contributed by atoms with E-state index in [1.54, 1.807) is 12.0 Å². The Morgan fingerprint density at radius 1 is 1.46 bits per heavy atom. The van der Waals surface area contributed by atoms with Gasteiger partial charge in [0, 0.05) is 43.4 Å². The molecule has 3 N–H and O–H groups in total. The Kier molecular flexibility index (Phi) is 5.72. The first-order valence-corrected chi connectivity index (χ1v) is 9.32. The Labute approximate surface area is 156 Å². The molecule has 0 bridgehead atoms. The van der Waals surface area contributed by atoms with E-state index in [2.05, 4.69) is 10.3 Å². The summed E-state index contributed by atoms with van der Waals surface area (Å²) in [6, 6.07) is 7.60. The number of rotatable bonds is 7. The predicted octanol–water partition coefficient (Wildman–Crippen LogP) is 1.44. The summed E-state index contributed by atoms with van der Waals surface area (Å²) in [5, 5.41) is 5.30. The fraction of sp³-hybridized carbons (Fsp3) is 0.389. The zero-order chi connectivity index (χ0) is 18.5. The lowest BCUT2D eigenvalue weighted by atomic mass is 10.1. The highest BCUT2D eigenvalue weighted by Crippen LogP contribution is 2.24. The van der Waals surface area contributed by atoms with Crippen molar-refractivity contribution in [3.05, 3.63) is 40.9 Å². The normalized spacial score (nSPS) is 16.7. The lowest BCUT2D eigenvalue weighted by molar-refractivity contribution is -0.129. The van der Waals surface area contributed by atoms with Gasteiger partial charge in [0.15, 0.2) is 5.13 Å². The van der Waals surface area contributed by atoms with Gasteiger partial charge in [0.25, 0.3) is 0 Å². The highest BCUT2D eigenvalue weighted by Gasteiger charge is 2.34. The number of methoxy groups -OCH3 is 1. The number of aromatic nitrogens is 1. The van der Waals surface area contributed by atoms with Crippen molar-refractivity contribution in [3.8, 4) is 5.75 Å². The van der Waals surface area contributed by atoms with Gasteiger partial charge in [-0.1, -0.05) is 18.2 Å². The number of nitrogens with one attached hydrogen (secondary N) is 1. The molecule has 26 heavy (non-hydrogen) atoms. The molecule has 1 aliphatic heterocycles. The van der Waals surface area contributed by atoms with Gasteiger partial charge in [0.2, 0.25) is 11.8 Å². The van der Waals surface area contributed by atoms with E-state index in [1.165, 1.54) is 11.3 Å². The van der Waals surface area contributed by atoms with Gasteiger partial charge in [-0.15, -0.1) is 11.3 Å². The number of carbonyl (C=O) groups is 2. The number of nitrogen functional groups attached to an aromatic ring is 1. The van der Waals surface area contributed by atoms with E-state index < -0.39 is 0 Å². The number of thiazole rings is 1. The molecule has 0 saturated carbocycles. The minimum atomic E-state index is -0.322. The first kappa shape index (κ1) is 18.2. The van der Waals surface area contributed by atoms with E-state index in [1.807, 2.05) is 29.6 Å². The fourth-order valence-corrected chi connectivity index (χ4v) is 3.63. The lowest BCUT2D eigenvalue weighted by Gasteiger charge is -2.18. The number of para-hydroxylation sites is 1. The van der Waals surface area contributed by atoms with Crippen LogP contribution in [0.2, 0.25) is 0 Å². The van der Waals surface area contributed by atoms with Crippen LogP contribution < -0.4 is 15.8 Å². The summed E-state index contributed by atoms with van der Waals surface area (Å²) < 4.78 is 5.33. The highest BCUT2D eigenvalue weighted by molar-refractivity contribution is 7.13. The van der Waals surface area contributed by atoms with Gasteiger partial charge in [-0.3, -0.25) is 9.59 Å². The van der Waals surface area contributed by atoms with E-state index in [9.17, 15) is 9.59 Å². The number of benzene rings is 1. The third kappa shape index (κ3) is 4.32. The molecule has 3 rings (SSSR count). The SMILES string of the molecule is COc1ccccc1CN1C[C@@H](C(=O)NCCc2csc(N)n2)CC1=O. The third-order valence-electron chi connectivity index (χ3n) is 4.39. The predicted molar refractivity (Wildman–Crippen MR) is 99.8 cm³/mol. The molecule has 1 atom stereocenters. The molecule has 2 heterocycles. The summed E-state index contributed by atoms with van der Waals surface area (Å²) >= 11 is 1.39. The number of anilines is 1. The van der Waals surface area contributed by atoms with Crippen molar-refractivity contribution in [2.75, 3.05) is 25.9 Å². The van der Waals surface area contributed by atoms with Crippen LogP contribution in [0.1, 0.15) is 17.7 Å². The van der Waals surface area contributed by atoms with E-state index in [4.69, 9.17) is 10.5 Å². The summed E-state index contributed by atoms with van der Waals surface area (Å²) in [4.78, 5) is 30.5. The molecule has 0 aliphatic carbocycles. The maximum Gasteiger partial charge on any atom is 0.225 e. The zero-order valence-corrected chi connectivity index (χ0v) is 15.4. The van der Waals surface area contributed by atoms with Gasteiger partial charge in [-0.2, -0.15) is 0 Å². The topological polar surface area (TPSA) is 97.6 Å². The van der Waals surface area contributed by atoms with Crippen molar-refractivity contribution < 1.29 is 14.3 Å². The summed E-state index contributed by atoms with van der Waals surface area (Å²) in [7, 11) is 1.61. The zero-order valence-electron chi connectivity index (χ0n) is 14.6. The largest absolute Gasteiger partial charge is 0.496 e. The van der Waals surface area contributed by atoms with Crippen molar-refractivity contribution in [2.24, 2.45) is 5.92 Å². The average Bonchev–Trinajstić information content (AvgIpc) is 3.21. The van der Waals surface area contributed by atoms with E-state index in [0.717, 1.165) is 17.0 Å². The number of nitrogens with zero attached hydrogens (tertiary/aromatic N) is 2. The van der Waals surface area contributed by atoms with Gasteiger partial charge < -0.3 is 20.7 Å². The van der Waals surface area contributed by atoms with Crippen LogP contribution in [0.15, 0.2) is 29.6 Å². The van der Waals surface area contributed by atoms with Crippen LogP contribution in [-0.4, -0.2) is 41.9 Å². The standard InChI is InChI=1S/C18H22N4O3S/c1-25-15-5-3-2-4-12(15)9-22-10-13(8-16(22)23)17(24)20-7-6-14-11-26-18(19)21-14/h2-5,11,13H,6-10H2,1H3,(H2,19,21)(H,20,24)/t13-/m0/s1. The summed E-state index contributed by atoms with van der Waals surface area (Å²) in [5.41, 5.74) is 7.40. The summed E-state index contributed by atoms with van der Waals surface area (Å²) in [5.74, 6) is 0.320. The molecular formula is C18H22N4O3S. The molecule has 7 nitrogen and oxygen atoms in total. The Hall–Kier alpha value is -2.61. The molecule has 1 aromatic carbocycles. The number of carbonyl (C=O) groups excluding carboxylic acids is 2. The van der Waals surface area contributed by atoms with Gasteiger partial charge >= 0.3 is 0 Å². The summed E-state index contributed by atoms with van der Waals surface area (Å²) in [6.07, 6.45) is 0.871. The molecular weight excluding hydrogens is 352 g/mol. The molecule has 0 spiro atoms. The first-order valence-electron chi connectivity index (χ1n) is 8.44. The van der Waals surface area contributed by atoms with Crippen LogP contribution in [0.3, 0.4) is 0 Å². The molecule has 2 amide bonds. The second-order valence-corrected chi connectivity index (χ2v) is 7.09. The minimum absolute atomic E-state index is 0.0108. The Morgan fingerprint density at radius 2 is 2.27 bits per heavy atom. The number of likely N-dealkylation sites (tertiary alicyclic amines) is 1. The van der Waals surface area contributed by atoms with Crippen LogP contribution in [0.5, 0.6) is 5.75 Å². The second-order valence-electron chi connectivity index (χ2n) is 6.21. The average molecular weight is 374 g/mol. The first-order chi connectivity index (χ1) is 12.6. The summed E-state index contributed by atoms with van der Waals surface area (Å²) in [6.45, 7) is 1.36. The van der Waals surface area contributed by atoms with E-state index in [0.29, 0.717) is 31.2 Å². The molecule has 8 heteroatoms. The number of nitrogens with two attached hydrogens (primary N) is 1. The Balaban J connectivity index is 1.51. The maximum atomic E-state index is 12.4. The van der Waals surface area contributed by atoms with Crippen molar-refractivity contribution in [2.45, 2.75) is 19.4 Å². The molecule has 1 fully saturated rings. The van der Waals surface area contributed by atoms with Gasteiger partial charge in [-0.25, -0.2) is 4.98 Å². The Morgan fingerprint density at radius 3 is 3.00 bits per heavy atom. The van der Waals surface area contributed by atoms with Crippen LogP contribution >= 0.6 is 11.3 Å². The van der Waals surface area contributed by atoms with Gasteiger partial charge in [-0.05, 0) is 6.07 Å². The molecule has 2 aromatic rings. The van der Waals surface area contributed by atoms with Crippen molar-refractivity contribution in [1.82, 2.24) is 15.2 Å². The molecule has 1 saturated heterocycles. The van der Waals surface area contributed by atoms with Crippen molar-refractivity contribution >= 4 is 28.3 Å². The molecule has 0 radical (unpaired) electrons. The number of amides is 2. The monoisotopic (exact) mass is 374 g/mol. The smallest absolute Gasteiger partial charge is 0.225 e. The van der Waals surface area contributed by atoms with Crippen molar-refractivity contribution in [3.63, 3.8) is 0 Å². The minimum Gasteiger partial charge on any atom is -0.496 e. The van der Waals surface area contributed by atoms with E-state index >= 15 is 0 Å². The van der Waals surface area contributed by atoms with Crippen molar-refractivity contribution in [1.29, 1.82) is 0 Å². The fourth-order valence-electron chi connectivity index (χ4n) is 3.04. The number of ether oxygens (including phenoxy) is 1. The number of hydrogen-bond donors (Lipinski definition) is 2. The maximum absolute atomic E-state index is 12.4. The van der Waals surface area contributed by atoms with Crippen LogP contribution in [0.25, 0.3) is 0 Å². The van der Waals surface area contributed by atoms with Crippen LogP contribution in [-0.2, 0) is 22.6 Å².